The van der Waals surface area contributed by atoms with Crippen LogP contribution in [-0.2, 0) is 4.79 Å². The van der Waals surface area contributed by atoms with Crippen molar-refractivity contribution in [2.45, 2.75) is 6.92 Å². The van der Waals surface area contributed by atoms with Crippen molar-refractivity contribution < 1.29 is 9.53 Å². The van der Waals surface area contributed by atoms with Gasteiger partial charge in [-0.2, -0.15) is 0 Å². The van der Waals surface area contributed by atoms with Crippen LogP contribution in [0.1, 0.15) is 12.5 Å². The number of nitrogens with zero attached hydrogens (tertiary/aromatic N) is 3. The number of thiazole rings is 1. The molecular formula is C22H25N3O2S. The summed E-state index contributed by atoms with van der Waals surface area (Å²) in [7, 11) is 3.99. The van der Waals surface area contributed by atoms with Crippen LogP contribution >= 0.6 is 11.3 Å². The SMILES string of the molecule is CCOc1cccc2sc(N(CCN(C)C)C(=O)C=Cc3ccccc3)nc12. The maximum absolute atomic E-state index is 13.0. The molecule has 0 N–H and O–H groups in total. The Balaban J connectivity index is 1.91. The molecule has 1 aromatic heterocycles. The quantitative estimate of drug-likeness (QED) is 0.534. The molecule has 0 aliphatic heterocycles. The summed E-state index contributed by atoms with van der Waals surface area (Å²) in [5.74, 6) is 0.671. The lowest BCUT2D eigenvalue weighted by Gasteiger charge is -2.20. The molecule has 0 aliphatic carbocycles. The van der Waals surface area contributed by atoms with E-state index in [1.54, 1.807) is 11.0 Å². The van der Waals surface area contributed by atoms with E-state index < -0.39 is 0 Å². The predicted molar refractivity (Wildman–Crippen MR) is 117 cm³/mol. The fourth-order valence-electron chi connectivity index (χ4n) is 2.72. The first-order chi connectivity index (χ1) is 13.6. The first kappa shape index (κ1) is 20.0. The van der Waals surface area contributed by atoms with Gasteiger partial charge in [-0.3, -0.25) is 9.69 Å². The van der Waals surface area contributed by atoms with Crippen molar-refractivity contribution in [3.05, 3.63) is 60.2 Å². The number of fused-ring (bicyclic) bond motifs is 1. The number of rotatable bonds is 8. The van der Waals surface area contributed by atoms with Gasteiger partial charge in [0.25, 0.3) is 5.91 Å². The Morgan fingerprint density at radius 1 is 1.11 bits per heavy atom. The molecule has 1 amide bonds. The minimum atomic E-state index is -0.0808. The largest absolute Gasteiger partial charge is 0.492 e. The van der Waals surface area contributed by atoms with E-state index in [9.17, 15) is 4.79 Å². The van der Waals surface area contributed by atoms with Crippen LogP contribution in [0.25, 0.3) is 16.3 Å². The Bertz CT molecular complexity index is 951. The molecule has 2 aromatic carbocycles. The molecule has 3 aromatic rings. The van der Waals surface area contributed by atoms with Gasteiger partial charge in [-0.05, 0) is 44.8 Å². The molecule has 0 bridgehead atoms. The van der Waals surface area contributed by atoms with E-state index in [0.29, 0.717) is 18.3 Å². The van der Waals surface area contributed by atoms with Crippen molar-refractivity contribution in [3.63, 3.8) is 0 Å². The van der Waals surface area contributed by atoms with E-state index in [2.05, 4.69) is 4.90 Å². The molecule has 0 atom stereocenters. The highest BCUT2D eigenvalue weighted by Gasteiger charge is 2.19. The third-order valence-electron chi connectivity index (χ3n) is 4.16. The maximum Gasteiger partial charge on any atom is 0.252 e. The Labute approximate surface area is 169 Å². The number of carbonyl (C=O) groups excluding carboxylic acids is 1. The van der Waals surface area contributed by atoms with Crippen LogP contribution in [0.2, 0.25) is 0 Å². The number of amides is 1. The molecular weight excluding hydrogens is 370 g/mol. The van der Waals surface area contributed by atoms with Gasteiger partial charge >= 0.3 is 0 Å². The van der Waals surface area contributed by atoms with Gasteiger partial charge in [0.15, 0.2) is 5.13 Å². The smallest absolute Gasteiger partial charge is 0.252 e. The minimum Gasteiger partial charge on any atom is -0.492 e. The number of aromatic nitrogens is 1. The van der Waals surface area contributed by atoms with E-state index in [0.717, 1.165) is 28.1 Å². The maximum atomic E-state index is 13.0. The third kappa shape index (κ3) is 4.97. The summed E-state index contributed by atoms with van der Waals surface area (Å²) in [6.07, 6.45) is 3.45. The number of likely N-dealkylation sites (N-methyl/N-ethyl adjacent to an activating group) is 1. The van der Waals surface area contributed by atoms with Crippen molar-refractivity contribution in [2.24, 2.45) is 0 Å². The monoisotopic (exact) mass is 395 g/mol. The number of benzene rings is 2. The zero-order valence-electron chi connectivity index (χ0n) is 16.5. The molecule has 146 valence electrons. The van der Waals surface area contributed by atoms with Crippen LogP contribution in [0.15, 0.2) is 54.6 Å². The third-order valence-corrected chi connectivity index (χ3v) is 5.20. The zero-order chi connectivity index (χ0) is 19.9. The molecule has 0 saturated carbocycles. The molecule has 0 unspecified atom stereocenters. The van der Waals surface area contributed by atoms with E-state index in [1.807, 2.05) is 75.6 Å². The lowest BCUT2D eigenvalue weighted by molar-refractivity contribution is -0.114. The second-order valence-electron chi connectivity index (χ2n) is 6.57. The second kappa shape index (κ2) is 9.48. The number of hydrogen-bond donors (Lipinski definition) is 0. The van der Waals surface area contributed by atoms with E-state index in [4.69, 9.17) is 9.72 Å². The molecule has 0 fully saturated rings. The second-order valence-corrected chi connectivity index (χ2v) is 7.58. The summed E-state index contributed by atoms with van der Waals surface area (Å²) in [4.78, 5) is 21.5. The van der Waals surface area contributed by atoms with Crippen molar-refractivity contribution in [3.8, 4) is 5.75 Å². The zero-order valence-corrected chi connectivity index (χ0v) is 17.3. The molecule has 0 spiro atoms. The number of hydrogen-bond acceptors (Lipinski definition) is 5. The lowest BCUT2D eigenvalue weighted by Crippen LogP contribution is -2.35. The highest BCUT2D eigenvalue weighted by Crippen LogP contribution is 2.34. The highest BCUT2D eigenvalue weighted by atomic mass is 32.1. The topological polar surface area (TPSA) is 45.7 Å². The van der Waals surface area contributed by atoms with E-state index >= 15 is 0 Å². The summed E-state index contributed by atoms with van der Waals surface area (Å²) in [5.41, 5.74) is 1.80. The van der Waals surface area contributed by atoms with E-state index in [-0.39, 0.29) is 5.91 Å². The standard InChI is InChI=1S/C22H25N3O2S/c1-4-27-18-11-8-12-19-21(18)23-22(28-19)25(16-15-24(2)3)20(26)14-13-17-9-6-5-7-10-17/h5-14H,4,15-16H2,1-3H3. The fourth-order valence-corrected chi connectivity index (χ4v) is 3.74. The molecule has 5 nitrogen and oxygen atoms in total. The summed E-state index contributed by atoms with van der Waals surface area (Å²) < 4.78 is 6.70. The van der Waals surface area contributed by atoms with Gasteiger partial charge in [-0.15, -0.1) is 0 Å². The van der Waals surface area contributed by atoms with Crippen LogP contribution in [0.3, 0.4) is 0 Å². The van der Waals surface area contributed by atoms with Gasteiger partial charge in [-0.1, -0.05) is 47.7 Å². The number of carbonyl (C=O) groups is 1. The predicted octanol–water partition coefficient (Wildman–Crippen LogP) is 4.30. The van der Waals surface area contributed by atoms with E-state index in [1.165, 1.54) is 11.3 Å². The van der Waals surface area contributed by atoms with Crippen LogP contribution in [0.4, 0.5) is 5.13 Å². The van der Waals surface area contributed by atoms with Gasteiger partial charge in [0, 0.05) is 19.2 Å². The minimum absolute atomic E-state index is 0.0808. The Hall–Kier alpha value is -2.70. The van der Waals surface area contributed by atoms with Gasteiger partial charge in [0.1, 0.15) is 11.3 Å². The Morgan fingerprint density at radius 3 is 2.61 bits per heavy atom. The fraction of sp³-hybridized carbons (Fsp3) is 0.273. The average molecular weight is 396 g/mol. The van der Waals surface area contributed by atoms with Crippen molar-refractivity contribution in [1.29, 1.82) is 0 Å². The Morgan fingerprint density at radius 2 is 1.89 bits per heavy atom. The summed E-state index contributed by atoms with van der Waals surface area (Å²) in [5, 5.41) is 0.687. The van der Waals surface area contributed by atoms with Crippen LogP contribution in [0.5, 0.6) is 5.75 Å². The molecule has 0 aliphatic rings. The first-order valence-electron chi connectivity index (χ1n) is 9.30. The summed E-state index contributed by atoms with van der Waals surface area (Å²) in [6.45, 7) is 3.84. The first-order valence-corrected chi connectivity index (χ1v) is 10.1. The lowest BCUT2D eigenvalue weighted by atomic mass is 10.2. The summed E-state index contributed by atoms with van der Waals surface area (Å²) >= 11 is 1.51. The van der Waals surface area contributed by atoms with Crippen LogP contribution < -0.4 is 9.64 Å². The van der Waals surface area contributed by atoms with Gasteiger partial charge < -0.3 is 9.64 Å². The molecule has 28 heavy (non-hydrogen) atoms. The van der Waals surface area contributed by atoms with Gasteiger partial charge in [0.05, 0.1) is 11.3 Å². The number of para-hydroxylation sites is 1. The molecule has 6 heteroatoms. The number of ether oxygens (including phenoxy) is 1. The highest BCUT2D eigenvalue weighted by molar-refractivity contribution is 7.22. The molecule has 1 heterocycles. The van der Waals surface area contributed by atoms with Crippen molar-refractivity contribution in [2.75, 3.05) is 38.7 Å². The molecule has 3 rings (SSSR count). The van der Waals surface area contributed by atoms with Gasteiger partial charge in [-0.25, -0.2) is 4.98 Å². The molecule has 0 radical (unpaired) electrons. The van der Waals surface area contributed by atoms with Crippen LogP contribution in [0, 0.1) is 0 Å². The molecule has 0 saturated heterocycles. The number of anilines is 1. The Kier molecular flexibility index (Phi) is 6.79. The summed E-state index contributed by atoms with van der Waals surface area (Å²) in [6, 6.07) is 15.7. The van der Waals surface area contributed by atoms with Crippen molar-refractivity contribution >= 4 is 38.7 Å². The average Bonchev–Trinajstić information content (AvgIpc) is 3.12. The van der Waals surface area contributed by atoms with Crippen LogP contribution in [-0.4, -0.2) is 49.6 Å². The van der Waals surface area contributed by atoms with Gasteiger partial charge in [0.2, 0.25) is 0 Å². The normalized spacial score (nSPS) is 11.4. The van der Waals surface area contributed by atoms with Crippen molar-refractivity contribution in [1.82, 2.24) is 9.88 Å².